The van der Waals surface area contributed by atoms with Gasteiger partial charge in [-0.1, -0.05) is 11.2 Å². The van der Waals surface area contributed by atoms with Crippen molar-refractivity contribution in [2.24, 2.45) is 0 Å². The van der Waals surface area contributed by atoms with E-state index in [1.165, 1.54) is 6.07 Å². The van der Waals surface area contributed by atoms with E-state index in [1.807, 2.05) is 4.90 Å². The predicted molar refractivity (Wildman–Crippen MR) is 85.3 cm³/mol. The molecule has 0 bridgehead atoms. The summed E-state index contributed by atoms with van der Waals surface area (Å²) in [5, 5.41) is 4.09. The maximum absolute atomic E-state index is 12.6. The highest BCUT2D eigenvalue weighted by Gasteiger charge is 2.35. The van der Waals surface area contributed by atoms with Crippen molar-refractivity contribution in [3.8, 4) is 0 Å². The number of hydrogen-bond donors (Lipinski definition) is 0. The highest BCUT2D eigenvalue weighted by atomic mass is 16.5. The average Bonchev–Trinajstić information content (AvgIpc) is 3.12. The van der Waals surface area contributed by atoms with E-state index in [9.17, 15) is 9.59 Å². The third-order valence-corrected chi connectivity index (χ3v) is 4.72. The van der Waals surface area contributed by atoms with Crippen molar-refractivity contribution < 1.29 is 9.32 Å². The molecule has 0 N–H and O–H groups in total. The van der Waals surface area contributed by atoms with Crippen molar-refractivity contribution in [1.82, 2.24) is 19.6 Å². The lowest BCUT2D eigenvalue weighted by molar-refractivity contribution is -0.132. The van der Waals surface area contributed by atoms with Crippen LogP contribution in [0.4, 0.5) is 0 Å². The topological polar surface area (TPSA) is 81.2 Å². The molecule has 3 heterocycles. The Bertz CT molecular complexity index is 793. The lowest BCUT2D eigenvalue weighted by atomic mass is 10.2. The molecule has 2 fully saturated rings. The van der Waals surface area contributed by atoms with Crippen molar-refractivity contribution >= 4 is 5.91 Å². The number of nitrogens with zero attached hydrogens (tertiary/aromatic N) is 4. The van der Waals surface area contributed by atoms with Crippen molar-refractivity contribution in [1.29, 1.82) is 0 Å². The molecule has 0 radical (unpaired) electrons. The van der Waals surface area contributed by atoms with E-state index in [2.05, 4.69) is 10.1 Å². The van der Waals surface area contributed by atoms with Gasteiger partial charge in [0.2, 0.25) is 11.8 Å². The quantitative estimate of drug-likeness (QED) is 0.837. The molecule has 7 nitrogen and oxygen atoms in total. The van der Waals surface area contributed by atoms with Gasteiger partial charge in [-0.2, -0.15) is 4.98 Å². The molecule has 0 spiro atoms. The third kappa shape index (κ3) is 2.98. The summed E-state index contributed by atoms with van der Waals surface area (Å²) in [5.41, 5.74) is -0.0875. The summed E-state index contributed by atoms with van der Waals surface area (Å²) in [6, 6.07) is 4.90. The van der Waals surface area contributed by atoms with E-state index < -0.39 is 0 Å². The molecule has 2 aromatic heterocycles. The minimum atomic E-state index is -0.0961. The first-order valence-corrected chi connectivity index (χ1v) is 8.51. The van der Waals surface area contributed by atoms with Crippen LogP contribution in [0.5, 0.6) is 0 Å². The number of likely N-dealkylation sites (tertiary alicyclic amines) is 1. The van der Waals surface area contributed by atoms with E-state index in [4.69, 9.17) is 4.52 Å². The Morgan fingerprint density at radius 3 is 2.96 bits per heavy atom. The van der Waals surface area contributed by atoms with Gasteiger partial charge in [0.25, 0.3) is 5.56 Å². The molecule has 126 valence electrons. The summed E-state index contributed by atoms with van der Waals surface area (Å²) in [6.45, 7) is 1.10. The normalized spacial score (nSPS) is 20.5. The molecule has 1 amide bonds. The van der Waals surface area contributed by atoms with Crippen LogP contribution in [0, 0.1) is 0 Å². The summed E-state index contributed by atoms with van der Waals surface area (Å²) in [6.07, 6.45) is 6.03. The number of aryl methyl sites for hydroxylation is 1. The Morgan fingerprint density at radius 1 is 1.29 bits per heavy atom. The Hall–Kier alpha value is -2.44. The molecule has 4 rings (SSSR count). The highest BCUT2D eigenvalue weighted by Crippen LogP contribution is 2.40. The third-order valence-electron chi connectivity index (χ3n) is 4.72. The van der Waals surface area contributed by atoms with Crippen LogP contribution in [0.3, 0.4) is 0 Å². The molecule has 0 aromatic carbocycles. The monoisotopic (exact) mass is 328 g/mol. The zero-order chi connectivity index (χ0) is 16.5. The smallest absolute Gasteiger partial charge is 0.250 e. The summed E-state index contributed by atoms with van der Waals surface area (Å²) in [7, 11) is 0. The van der Waals surface area contributed by atoms with Gasteiger partial charge in [0.05, 0.1) is 6.04 Å². The van der Waals surface area contributed by atoms with Gasteiger partial charge in [-0.25, -0.2) is 0 Å². The maximum atomic E-state index is 12.6. The molecule has 1 saturated heterocycles. The largest absolute Gasteiger partial charge is 0.339 e. The van der Waals surface area contributed by atoms with Crippen LogP contribution in [0.25, 0.3) is 0 Å². The van der Waals surface area contributed by atoms with E-state index >= 15 is 0 Å². The van der Waals surface area contributed by atoms with Gasteiger partial charge in [0.15, 0.2) is 5.82 Å². The lowest BCUT2D eigenvalue weighted by Gasteiger charge is -2.22. The first kappa shape index (κ1) is 15.1. The van der Waals surface area contributed by atoms with Gasteiger partial charge in [0.1, 0.15) is 0 Å². The van der Waals surface area contributed by atoms with Crippen molar-refractivity contribution in [2.75, 3.05) is 6.54 Å². The molecule has 1 saturated carbocycles. The van der Waals surface area contributed by atoms with E-state index in [0.717, 1.165) is 25.7 Å². The Balaban J connectivity index is 1.42. The molecule has 24 heavy (non-hydrogen) atoms. The first-order valence-electron chi connectivity index (χ1n) is 8.51. The average molecular weight is 328 g/mol. The van der Waals surface area contributed by atoms with Crippen LogP contribution < -0.4 is 5.56 Å². The van der Waals surface area contributed by atoms with Gasteiger partial charge < -0.3 is 14.0 Å². The van der Waals surface area contributed by atoms with Gasteiger partial charge in [-0.3, -0.25) is 9.59 Å². The summed E-state index contributed by atoms with van der Waals surface area (Å²) in [5.74, 6) is 1.78. The van der Waals surface area contributed by atoms with Crippen LogP contribution >= 0.6 is 0 Å². The predicted octanol–water partition coefficient (Wildman–Crippen LogP) is 1.86. The minimum absolute atomic E-state index is 0.0334. The van der Waals surface area contributed by atoms with Crippen LogP contribution in [-0.2, 0) is 11.3 Å². The number of carbonyl (C=O) groups is 1. The fraction of sp³-hybridized carbons (Fsp3) is 0.529. The molecular formula is C17H20N4O3. The van der Waals surface area contributed by atoms with Gasteiger partial charge >= 0.3 is 0 Å². The van der Waals surface area contributed by atoms with Gasteiger partial charge in [-0.05, 0) is 31.7 Å². The highest BCUT2D eigenvalue weighted by molar-refractivity contribution is 5.76. The van der Waals surface area contributed by atoms with Crippen molar-refractivity contribution in [3.05, 3.63) is 46.5 Å². The first-order chi connectivity index (χ1) is 11.7. The Labute approximate surface area is 139 Å². The zero-order valence-electron chi connectivity index (χ0n) is 13.4. The zero-order valence-corrected chi connectivity index (χ0v) is 13.4. The second kappa shape index (κ2) is 6.22. The van der Waals surface area contributed by atoms with Gasteiger partial charge in [-0.15, -0.1) is 0 Å². The van der Waals surface area contributed by atoms with Crippen LogP contribution in [0.2, 0.25) is 0 Å². The van der Waals surface area contributed by atoms with Gasteiger partial charge in [0, 0.05) is 37.7 Å². The maximum Gasteiger partial charge on any atom is 0.250 e. The molecule has 7 heteroatoms. The van der Waals surface area contributed by atoms with Crippen LogP contribution in [-0.4, -0.2) is 32.1 Å². The fourth-order valence-corrected chi connectivity index (χ4v) is 3.22. The molecule has 1 unspecified atom stereocenters. The number of aromatic nitrogens is 3. The minimum Gasteiger partial charge on any atom is -0.339 e. The fourth-order valence-electron chi connectivity index (χ4n) is 3.22. The van der Waals surface area contributed by atoms with E-state index in [0.29, 0.717) is 37.1 Å². The summed E-state index contributed by atoms with van der Waals surface area (Å²) in [4.78, 5) is 30.6. The van der Waals surface area contributed by atoms with Crippen LogP contribution in [0.15, 0.2) is 33.7 Å². The Kier molecular flexibility index (Phi) is 3.92. The molecule has 2 aliphatic rings. The second-order valence-corrected chi connectivity index (χ2v) is 6.49. The van der Waals surface area contributed by atoms with E-state index in [-0.39, 0.29) is 17.5 Å². The number of pyridine rings is 1. The number of amides is 1. The SMILES string of the molecule is O=C(CCn1ccccc1=O)N1CCCC1c1noc(C2CC2)n1. The summed E-state index contributed by atoms with van der Waals surface area (Å²) >= 11 is 0. The molecule has 1 atom stereocenters. The number of hydrogen-bond acceptors (Lipinski definition) is 5. The van der Waals surface area contributed by atoms with Crippen LogP contribution in [0.1, 0.15) is 55.8 Å². The molecular weight excluding hydrogens is 308 g/mol. The van der Waals surface area contributed by atoms with E-state index in [1.54, 1.807) is 22.9 Å². The lowest BCUT2D eigenvalue weighted by Crippen LogP contribution is -2.32. The standard InChI is InChI=1S/C17H20N4O3/c22-14-5-1-2-9-20(14)11-8-15(23)21-10-3-4-13(21)16-18-17(24-19-16)12-6-7-12/h1-2,5,9,12-13H,3-4,6-8,10-11H2. The molecule has 1 aliphatic carbocycles. The molecule has 1 aliphatic heterocycles. The number of carbonyl (C=O) groups excluding carboxylic acids is 1. The van der Waals surface area contributed by atoms with Crippen molar-refractivity contribution in [2.45, 2.75) is 50.6 Å². The Morgan fingerprint density at radius 2 is 2.17 bits per heavy atom. The second-order valence-electron chi connectivity index (χ2n) is 6.49. The molecule has 2 aromatic rings. The number of rotatable bonds is 5. The van der Waals surface area contributed by atoms with Crippen molar-refractivity contribution in [3.63, 3.8) is 0 Å². The summed E-state index contributed by atoms with van der Waals surface area (Å²) < 4.78 is 6.89.